The van der Waals surface area contributed by atoms with E-state index in [2.05, 4.69) is 6.92 Å². The predicted octanol–water partition coefficient (Wildman–Crippen LogP) is 5.01. The van der Waals surface area contributed by atoms with Crippen LogP contribution in [0.2, 0.25) is 0 Å². The number of Topliss-reactive ketones (excluding diaryl/α,β-unsaturated/α-hetero) is 1. The molecule has 10 heteroatoms. The number of ketones is 2. The van der Waals surface area contributed by atoms with Gasteiger partial charge in [0, 0.05) is 16.7 Å². The van der Waals surface area contributed by atoms with Gasteiger partial charge in [0.15, 0.2) is 35.0 Å². The van der Waals surface area contributed by atoms with Crippen molar-refractivity contribution in [3.63, 3.8) is 0 Å². The van der Waals surface area contributed by atoms with Crippen molar-refractivity contribution in [2.45, 2.75) is 77.2 Å². The molecular weight excluding hydrogens is 607 g/mol. The van der Waals surface area contributed by atoms with Crippen molar-refractivity contribution in [2.24, 2.45) is 28.6 Å². The quantitative estimate of drug-likeness (QED) is 0.379. The van der Waals surface area contributed by atoms with Crippen LogP contribution in [0, 0.1) is 41.3 Å². The number of hydrogen-bond acceptors (Lipinski definition) is 8. The molecule has 2 aromatic rings. The summed E-state index contributed by atoms with van der Waals surface area (Å²) in [7, 11) is 0. The van der Waals surface area contributed by atoms with Crippen LogP contribution in [0.4, 0.5) is 4.39 Å². The largest absolute Gasteiger partial charge is 0.486 e. The van der Waals surface area contributed by atoms with Crippen LogP contribution in [0.15, 0.2) is 60.2 Å². The molecule has 4 aliphatic carbocycles. The Balaban J connectivity index is 1.20. The normalized spacial score (nSPS) is 37.0. The van der Waals surface area contributed by atoms with E-state index >= 15 is 4.39 Å². The molecule has 0 spiro atoms. The molecule has 1 aliphatic heterocycles. The monoisotopic (exact) mass is 646 g/mol. The fourth-order valence-electron chi connectivity index (χ4n) is 9.84. The van der Waals surface area contributed by atoms with Gasteiger partial charge in [0.25, 0.3) is 0 Å². The molecule has 0 radical (unpaired) electrons. The number of carbonyl (C=O) groups excluding carboxylic acids is 2. The molecule has 0 aromatic heterocycles. The van der Waals surface area contributed by atoms with E-state index in [4.69, 9.17) is 14.2 Å². The van der Waals surface area contributed by atoms with Crippen molar-refractivity contribution in [1.29, 1.82) is 0 Å². The average Bonchev–Trinajstić information content (AvgIpc) is 3.53. The molecule has 0 bridgehead atoms. The van der Waals surface area contributed by atoms with Gasteiger partial charge >= 0.3 is 5.97 Å². The summed E-state index contributed by atoms with van der Waals surface area (Å²) in [5, 5.41) is 31.4. The molecule has 5 aliphatic rings. The molecule has 0 amide bonds. The predicted molar refractivity (Wildman–Crippen MR) is 166 cm³/mol. The molecule has 7 rings (SSSR count). The van der Waals surface area contributed by atoms with Crippen molar-refractivity contribution in [2.75, 3.05) is 6.61 Å². The number of rotatable bonds is 7. The molecule has 2 aromatic carbocycles. The van der Waals surface area contributed by atoms with Crippen LogP contribution in [0.3, 0.4) is 0 Å². The van der Waals surface area contributed by atoms with Crippen LogP contribution in [0.1, 0.15) is 72.9 Å². The Morgan fingerprint density at radius 3 is 2.70 bits per heavy atom. The third-order valence-electron chi connectivity index (χ3n) is 12.0. The summed E-state index contributed by atoms with van der Waals surface area (Å²) in [6.45, 7) is 4.83. The Morgan fingerprint density at radius 2 is 1.96 bits per heavy atom. The summed E-state index contributed by atoms with van der Waals surface area (Å²) < 4.78 is 35.1. The van der Waals surface area contributed by atoms with Crippen molar-refractivity contribution >= 4 is 17.5 Å². The van der Waals surface area contributed by atoms with Crippen molar-refractivity contribution in [3.8, 4) is 5.75 Å². The molecule has 1 saturated heterocycles. The standard InChI is InChI=1S/C37H39FO9/c1-19-7-10-27(45-18-20-5-4-6-21(13-20)33(43)44)32(38)30(19)34-46-29-15-25-24-9-8-22-14-23(40)11-12-35(22,2)31(24)26(41)16-36(25,3)37(29,47-34)28(42)17-39/h4-7,10-14,24-26,29,31,34,39,41H,8-9,15-18H2,1-3H3,(H,43,44)/t24-,25-,26-,29+,31+,34+,35-,36-,37+/m0/s1. The fourth-order valence-corrected chi connectivity index (χ4v) is 9.84. The molecule has 9 nitrogen and oxygen atoms in total. The van der Waals surface area contributed by atoms with Crippen molar-refractivity contribution in [3.05, 3.63) is 88.3 Å². The number of halogens is 1. The number of aliphatic hydroxyl groups is 2. The van der Waals surface area contributed by atoms with Gasteiger partial charge in [0.1, 0.15) is 13.2 Å². The minimum absolute atomic E-state index is 0.00167. The summed E-state index contributed by atoms with van der Waals surface area (Å²) in [6.07, 6.45) is 4.37. The summed E-state index contributed by atoms with van der Waals surface area (Å²) in [6, 6.07) is 9.33. The lowest BCUT2D eigenvalue weighted by molar-refractivity contribution is -0.201. The maximum absolute atomic E-state index is 16.2. The number of fused-ring (bicyclic) bond motifs is 7. The van der Waals surface area contributed by atoms with Gasteiger partial charge in [-0.3, -0.25) is 9.59 Å². The zero-order valence-corrected chi connectivity index (χ0v) is 26.6. The molecule has 4 fully saturated rings. The fraction of sp³-hybridized carbons (Fsp3) is 0.486. The highest BCUT2D eigenvalue weighted by Crippen LogP contribution is 2.70. The average molecular weight is 647 g/mol. The zero-order valence-electron chi connectivity index (χ0n) is 26.6. The Bertz CT molecular complexity index is 1730. The molecule has 1 heterocycles. The highest BCUT2D eigenvalue weighted by atomic mass is 19.1. The first-order valence-corrected chi connectivity index (χ1v) is 16.2. The minimum atomic E-state index is -1.62. The highest BCUT2D eigenvalue weighted by molar-refractivity contribution is 6.01. The van der Waals surface area contributed by atoms with E-state index in [0.29, 0.717) is 24.0 Å². The zero-order chi connectivity index (χ0) is 33.5. The maximum atomic E-state index is 16.2. The Labute approximate surface area is 272 Å². The smallest absolute Gasteiger partial charge is 0.335 e. The van der Waals surface area contributed by atoms with Crippen molar-refractivity contribution in [1.82, 2.24) is 0 Å². The van der Waals surface area contributed by atoms with Gasteiger partial charge < -0.3 is 29.5 Å². The number of carboxylic acids is 1. The molecule has 0 unspecified atom stereocenters. The number of carbonyl (C=O) groups is 3. The maximum Gasteiger partial charge on any atom is 0.335 e. The van der Waals surface area contributed by atoms with E-state index < -0.39 is 59.1 Å². The summed E-state index contributed by atoms with van der Waals surface area (Å²) in [4.78, 5) is 37.4. The number of ether oxygens (including phenoxy) is 3. The number of aryl methyl sites for hydroxylation is 1. The van der Waals surface area contributed by atoms with Crippen LogP contribution in [-0.4, -0.2) is 57.3 Å². The molecule has 3 N–H and O–H groups in total. The van der Waals surface area contributed by atoms with E-state index in [1.54, 1.807) is 37.3 Å². The van der Waals surface area contributed by atoms with Gasteiger partial charge in [-0.25, -0.2) is 9.18 Å². The summed E-state index contributed by atoms with van der Waals surface area (Å²) in [5.41, 5.74) is -0.797. The van der Waals surface area contributed by atoms with Crippen LogP contribution in [0.25, 0.3) is 0 Å². The van der Waals surface area contributed by atoms with Gasteiger partial charge in [-0.1, -0.05) is 43.7 Å². The summed E-state index contributed by atoms with van der Waals surface area (Å²) >= 11 is 0. The topological polar surface area (TPSA) is 140 Å². The van der Waals surface area contributed by atoms with Gasteiger partial charge in [-0.2, -0.15) is 0 Å². The lowest BCUT2D eigenvalue weighted by Crippen LogP contribution is -2.63. The Kier molecular flexibility index (Phi) is 7.59. The second-order valence-electron chi connectivity index (χ2n) is 14.2. The Hall–Kier alpha value is -3.70. The van der Waals surface area contributed by atoms with Gasteiger partial charge in [0.2, 0.25) is 0 Å². The third kappa shape index (κ3) is 4.59. The van der Waals surface area contributed by atoms with Crippen LogP contribution >= 0.6 is 0 Å². The van der Waals surface area contributed by atoms with Gasteiger partial charge in [0.05, 0.1) is 23.3 Å². The first-order chi connectivity index (χ1) is 22.3. The van der Waals surface area contributed by atoms with Gasteiger partial charge in [-0.05, 0) is 85.9 Å². The van der Waals surface area contributed by atoms with Crippen LogP contribution in [0.5, 0.6) is 5.75 Å². The second kappa shape index (κ2) is 11.2. The lowest BCUT2D eigenvalue weighted by Gasteiger charge is -2.59. The minimum Gasteiger partial charge on any atom is -0.486 e. The summed E-state index contributed by atoms with van der Waals surface area (Å²) in [5.74, 6) is -2.77. The van der Waals surface area contributed by atoms with Gasteiger partial charge in [-0.15, -0.1) is 0 Å². The third-order valence-corrected chi connectivity index (χ3v) is 12.0. The molecule has 248 valence electrons. The van der Waals surface area contributed by atoms with E-state index in [0.717, 1.165) is 12.0 Å². The molecule has 9 atom stereocenters. The van der Waals surface area contributed by atoms with Crippen LogP contribution < -0.4 is 4.74 Å². The number of benzene rings is 2. The lowest BCUT2D eigenvalue weighted by atomic mass is 9.46. The van der Waals surface area contributed by atoms with E-state index in [-0.39, 0.29) is 53.4 Å². The first-order valence-electron chi connectivity index (χ1n) is 16.2. The SMILES string of the molecule is Cc1ccc(OCc2cccc(C(=O)O)c2)c(F)c1[C@@H]1O[C@@H]2C[C@H]3[C@@H]4CCC5=CC(=O)C=C[C@]5(C)[C@H]4[C@@H](O)C[C@]3(C)[C@]2(C(=O)CO)O1. The first kappa shape index (κ1) is 31.9. The number of hydrogen-bond donors (Lipinski definition) is 3. The molecule has 3 saturated carbocycles. The van der Waals surface area contributed by atoms with E-state index in [9.17, 15) is 29.7 Å². The van der Waals surface area contributed by atoms with Crippen LogP contribution in [-0.2, 0) is 25.7 Å². The number of carboxylic acid groups (broad SMARTS) is 1. The Morgan fingerprint density at radius 1 is 1.17 bits per heavy atom. The number of aliphatic hydroxyl groups excluding tert-OH is 2. The molecule has 47 heavy (non-hydrogen) atoms. The van der Waals surface area contributed by atoms with E-state index in [1.165, 1.54) is 18.2 Å². The highest BCUT2D eigenvalue weighted by Gasteiger charge is 2.76. The second-order valence-corrected chi connectivity index (χ2v) is 14.2. The van der Waals surface area contributed by atoms with Crippen molar-refractivity contribution < 1.29 is 48.3 Å². The van der Waals surface area contributed by atoms with E-state index in [1.807, 2.05) is 13.0 Å². The molecular formula is C37H39FO9. The number of aromatic carboxylic acids is 1. The number of allylic oxidation sites excluding steroid dienone is 4.